The summed E-state index contributed by atoms with van der Waals surface area (Å²) in [4.78, 5) is 8.50. The molecule has 25 heavy (non-hydrogen) atoms. The molecule has 2 heterocycles. The number of benzene rings is 1. The molecule has 0 radical (unpaired) electrons. The highest BCUT2D eigenvalue weighted by Crippen LogP contribution is 2.30. The Hall–Kier alpha value is -2.51. The van der Waals surface area contributed by atoms with Gasteiger partial charge in [0, 0.05) is 18.8 Å². The number of anilines is 1. The molecule has 0 amide bonds. The Balaban J connectivity index is 2.08. The minimum absolute atomic E-state index is 0.389. The van der Waals surface area contributed by atoms with E-state index in [1.165, 1.54) is 11.9 Å². The smallest absolute Gasteiger partial charge is 0.177 e. The summed E-state index contributed by atoms with van der Waals surface area (Å²) in [5.41, 5.74) is 9.71. The molecule has 0 aliphatic heterocycles. The van der Waals surface area contributed by atoms with Crippen molar-refractivity contribution < 1.29 is 9.47 Å². The van der Waals surface area contributed by atoms with Crippen LogP contribution in [-0.4, -0.2) is 39.3 Å². The van der Waals surface area contributed by atoms with Crippen LogP contribution in [0.4, 0.5) is 5.82 Å². The van der Waals surface area contributed by atoms with E-state index in [2.05, 4.69) is 9.97 Å². The Labute approximate surface area is 146 Å². The summed E-state index contributed by atoms with van der Waals surface area (Å²) in [6, 6.07) is 8.14. The van der Waals surface area contributed by atoms with Crippen molar-refractivity contribution >= 4 is 16.9 Å². The second-order valence-electron chi connectivity index (χ2n) is 5.69. The van der Waals surface area contributed by atoms with Crippen molar-refractivity contribution in [1.29, 1.82) is 0 Å². The number of fused-ring (bicyclic) bond motifs is 1. The molecule has 2 N–H and O–H groups in total. The summed E-state index contributed by atoms with van der Waals surface area (Å²) in [7, 11) is 0. The molecule has 0 bridgehead atoms. The average molecular weight is 341 g/mol. The van der Waals surface area contributed by atoms with Gasteiger partial charge < -0.3 is 15.2 Å². The highest BCUT2D eigenvalue weighted by molar-refractivity contribution is 5.98. The molecule has 0 fully saturated rings. The van der Waals surface area contributed by atoms with Crippen LogP contribution in [0.25, 0.3) is 22.3 Å². The zero-order valence-electron chi connectivity index (χ0n) is 14.8. The molecule has 3 aromatic rings. The molecule has 0 atom stereocenters. The monoisotopic (exact) mass is 341 g/mol. The number of hydrogen-bond donors (Lipinski definition) is 1. The number of hydrogen-bond acceptors (Lipinski definition) is 6. The van der Waals surface area contributed by atoms with Crippen LogP contribution in [0.2, 0.25) is 0 Å². The van der Waals surface area contributed by atoms with Gasteiger partial charge in [-0.2, -0.15) is 5.10 Å². The lowest BCUT2D eigenvalue weighted by Gasteiger charge is -2.16. The van der Waals surface area contributed by atoms with Crippen LogP contribution in [0.15, 0.2) is 30.6 Å². The van der Waals surface area contributed by atoms with E-state index < -0.39 is 0 Å². The van der Waals surface area contributed by atoms with Gasteiger partial charge in [0.1, 0.15) is 17.8 Å². The van der Waals surface area contributed by atoms with Gasteiger partial charge in [-0.3, -0.25) is 0 Å². The van der Waals surface area contributed by atoms with Gasteiger partial charge >= 0.3 is 0 Å². The lowest BCUT2D eigenvalue weighted by atomic mass is 10.1. The van der Waals surface area contributed by atoms with Gasteiger partial charge in [0.2, 0.25) is 0 Å². The van der Waals surface area contributed by atoms with E-state index in [0.29, 0.717) is 31.2 Å². The first-order valence-corrected chi connectivity index (χ1v) is 8.41. The normalized spacial score (nSPS) is 11.5. The van der Waals surface area contributed by atoms with Gasteiger partial charge in [0.15, 0.2) is 11.9 Å². The number of aromatic nitrogens is 4. The molecule has 0 unspecified atom stereocenters. The van der Waals surface area contributed by atoms with Crippen LogP contribution < -0.4 is 5.73 Å². The summed E-state index contributed by atoms with van der Waals surface area (Å²) < 4.78 is 13.1. The summed E-state index contributed by atoms with van der Waals surface area (Å²) in [5, 5.41) is 5.48. The lowest BCUT2D eigenvalue weighted by Crippen LogP contribution is -2.24. The fourth-order valence-electron chi connectivity index (χ4n) is 2.74. The lowest BCUT2D eigenvalue weighted by molar-refractivity contribution is -0.144. The van der Waals surface area contributed by atoms with Gasteiger partial charge in [-0.05, 0) is 20.8 Å². The topological polar surface area (TPSA) is 88.1 Å². The van der Waals surface area contributed by atoms with E-state index in [4.69, 9.17) is 20.3 Å². The maximum absolute atomic E-state index is 6.12. The highest BCUT2D eigenvalue weighted by Gasteiger charge is 2.19. The molecule has 132 valence electrons. The Morgan fingerprint density at radius 3 is 2.40 bits per heavy atom. The molecule has 0 aliphatic rings. The Bertz CT molecular complexity index is 839. The first-order valence-electron chi connectivity index (χ1n) is 8.41. The van der Waals surface area contributed by atoms with Crippen molar-refractivity contribution in [3.8, 4) is 11.3 Å². The largest absolute Gasteiger partial charge is 0.383 e. The quantitative estimate of drug-likeness (QED) is 0.665. The minimum atomic E-state index is -0.389. The number of nitrogen functional groups attached to an aromatic ring is 1. The summed E-state index contributed by atoms with van der Waals surface area (Å²) >= 11 is 0. The molecular formula is C18H23N5O2. The molecule has 0 saturated carbocycles. The standard InChI is InChI=1S/C18H23N5O2/c1-4-24-14(25-5-2)10-23-18-15(17(19)20-11-21-18)16(22-23)13-8-6-12(3)7-9-13/h6-9,11,14H,4-5,10H2,1-3H3,(H2,19,20,21). The van der Waals surface area contributed by atoms with Crippen LogP contribution in [-0.2, 0) is 16.0 Å². The molecule has 0 spiro atoms. The van der Waals surface area contributed by atoms with Crippen molar-refractivity contribution in [2.45, 2.75) is 33.6 Å². The second-order valence-corrected chi connectivity index (χ2v) is 5.69. The third kappa shape index (κ3) is 3.62. The fraction of sp³-hybridized carbons (Fsp3) is 0.389. The average Bonchev–Trinajstić information content (AvgIpc) is 2.96. The molecule has 1 aromatic carbocycles. The number of aryl methyl sites for hydroxylation is 1. The third-order valence-corrected chi connectivity index (χ3v) is 3.91. The van der Waals surface area contributed by atoms with Gasteiger partial charge in [-0.1, -0.05) is 29.8 Å². The molecule has 0 aliphatic carbocycles. The molecule has 3 rings (SSSR count). The highest BCUT2D eigenvalue weighted by atomic mass is 16.7. The van der Waals surface area contributed by atoms with Crippen molar-refractivity contribution in [2.24, 2.45) is 0 Å². The fourth-order valence-corrected chi connectivity index (χ4v) is 2.74. The van der Waals surface area contributed by atoms with Crippen LogP contribution in [0.5, 0.6) is 0 Å². The minimum Gasteiger partial charge on any atom is -0.383 e. The van der Waals surface area contributed by atoms with Gasteiger partial charge in [0.25, 0.3) is 0 Å². The van der Waals surface area contributed by atoms with E-state index in [9.17, 15) is 0 Å². The van der Waals surface area contributed by atoms with E-state index >= 15 is 0 Å². The zero-order chi connectivity index (χ0) is 17.8. The molecule has 0 saturated heterocycles. The maximum Gasteiger partial charge on any atom is 0.177 e. The van der Waals surface area contributed by atoms with Crippen LogP contribution in [0.1, 0.15) is 19.4 Å². The van der Waals surface area contributed by atoms with E-state index in [1.807, 2.05) is 45.0 Å². The summed E-state index contributed by atoms with van der Waals surface area (Å²) in [6.45, 7) is 7.47. The Morgan fingerprint density at radius 2 is 1.76 bits per heavy atom. The van der Waals surface area contributed by atoms with Gasteiger partial charge in [-0.25, -0.2) is 14.6 Å². The molecular weight excluding hydrogens is 318 g/mol. The first-order chi connectivity index (χ1) is 12.1. The first kappa shape index (κ1) is 17.3. The predicted octanol–water partition coefficient (Wildman–Crippen LogP) is 2.78. The van der Waals surface area contributed by atoms with Crippen molar-refractivity contribution in [3.05, 3.63) is 36.2 Å². The number of nitrogens with zero attached hydrogens (tertiary/aromatic N) is 4. The SMILES string of the molecule is CCOC(Cn1nc(-c2ccc(C)cc2)c2c(N)ncnc21)OCC. The molecule has 2 aromatic heterocycles. The second kappa shape index (κ2) is 7.58. The van der Waals surface area contributed by atoms with Crippen LogP contribution >= 0.6 is 0 Å². The van der Waals surface area contributed by atoms with Crippen molar-refractivity contribution in [3.63, 3.8) is 0 Å². The Morgan fingerprint density at radius 1 is 1.08 bits per heavy atom. The van der Waals surface area contributed by atoms with Crippen LogP contribution in [0.3, 0.4) is 0 Å². The van der Waals surface area contributed by atoms with Crippen molar-refractivity contribution in [2.75, 3.05) is 18.9 Å². The van der Waals surface area contributed by atoms with E-state index in [0.717, 1.165) is 16.6 Å². The number of nitrogens with two attached hydrogens (primary N) is 1. The molecule has 7 heteroatoms. The van der Waals surface area contributed by atoms with E-state index in [1.54, 1.807) is 4.68 Å². The van der Waals surface area contributed by atoms with Crippen LogP contribution in [0, 0.1) is 6.92 Å². The molecule has 7 nitrogen and oxygen atoms in total. The third-order valence-electron chi connectivity index (χ3n) is 3.91. The van der Waals surface area contributed by atoms with Gasteiger partial charge in [0.05, 0.1) is 11.9 Å². The predicted molar refractivity (Wildman–Crippen MR) is 96.9 cm³/mol. The maximum atomic E-state index is 6.12. The number of ether oxygens (including phenoxy) is 2. The van der Waals surface area contributed by atoms with Crippen molar-refractivity contribution in [1.82, 2.24) is 19.7 Å². The van der Waals surface area contributed by atoms with E-state index in [-0.39, 0.29) is 6.29 Å². The number of rotatable bonds is 7. The Kier molecular flexibility index (Phi) is 5.25. The van der Waals surface area contributed by atoms with Gasteiger partial charge in [-0.15, -0.1) is 0 Å². The zero-order valence-corrected chi connectivity index (χ0v) is 14.8. The summed E-state index contributed by atoms with van der Waals surface area (Å²) in [5.74, 6) is 0.413. The summed E-state index contributed by atoms with van der Waals surface area (Å²) in [6.07, 6.45) is 1.06.